The minimum absolute atomic E-state index is 0.164. The molecule has 0 spiro atoms. The van der Waals surface area contributed by atoms with Gasteiger partial charge in [0, 0.05) is 5.56 Å². The average Bonchev–Trinajstić information content (AvgIpc) is 3.30. The van der Waals surface area contributed by atoms with E-state index in [2.05, 4.69) is 5.32 Å². The lowest BCUT2D eigenvalue weighted by Crippen LogP contribution is -2.22. The Balaban J connectivity index is 1.69. The van der Waals surface area contributed by atoms with E-state index in [9.17, 15) is 9.90 Å². The third-order valence-electron chi connectivity index (χ3n) is 5.09. The number of aliphatic hydroxyl groups is 1. The molecule has 5 nitrogen and oxygen atoms in total. The number of amides is 1. The fourth-order valence-corrected chi connectivity index (χ4v) is 3.57. The number of furan rings is 1. The van der Waals surface area contributed by atoms with Crippen molar-refractivity contribution in [3.63, 3.8) is 0 Å². The van der Waals surface area contributed by atoms with Gasteiger partial charge in [-0.15, -0.1) is 0 Å². The normalized spacial score (nSPS) is 10.8. The number of hydrogen-bond donors (Lipinski definition) is 2. The summed E-state index contributed by atoms with van der Waals surface area (Å²) in [4.78, 5) is 13.5. The van der Waals surface area contributed by atoms with Gasteiger partial charge in [-0.05, 0) is 41.5 Å². The molecule has 2 N–H and O–H groups in total. The first-order valence-electron chi connectivity index (χ1n) is 9.98. The van der Waals surface area contributed by atoms with Crippen LogP contribution >= 0.6 is 0 Å². The first-order chi connectivity index (χ1) is 15.2. The van der Waals surface area contributed by atoms with E-state index in [1.54, 1.807) is 25.3 Å². The van der Waals surface area contributed by atoms with Crippen molar-refractivity contribution in [2.45, 2.75) is 12.5 Å². The quantitative estimate of drug-likeness (QED) is 0.436. The largest absolute Gasteiger partial charge is 0.495 e. The van der Waals surface area contributed by atoms with Gasteiger partial charge in [-0.1, -0.05) is 60.7 Å². The molecule has 1 aromatic heterocycles. The van der Waals surface area contributed by atoms with Crippen LogP contribution in [0, 0.1) is 0 Å². The fourth-order valence-electron chi connectivity index (χ4n) is 3.57. The van der Waals surface area contributed by atoms with Crippen LogP contribution in [-0.4, -0.2) is 18.1 Å². The molecule has 0 saturated carbocycles. The molecule has 0 radical (unpaired) electrons. The summed E-state index contributed by atoms with van der Waals surface area (Å²) in [5.74, 6) is 0.990. The highest BCUT2D eigenvalue weighted by molar-refractivity contribution is 5.99. The van der Waals surface area contributed by atoms with Crippen LogP contribution in [0.2, 0.25) is 0 Å². The number of rotatable bonds is 7. The lowest BCUT2D eigenvalue weighted by molar-refractivity contribution is -0.116. The van der Waals surface area contributed by atoms with Gasteiger partial charge in [0.15, 0.2) is 0 Å². The molecule has 1 heterocycles. The summed E-state index contributed by atoms with van der Waals surface area (Å²) in [6, 6.07) is 28.3. The Morgan fingerprint density at radius 3 is 2.13 bits per heavy atom. The number of ether oxygens (including phenoxy) is 1. The van der Waals surface area contributed by atoms with Gasteiger partial charge in [0.2, 0.25) is 5.91 Å². The predicted molar refractivity (Wildman–Crippen MR) is 120 cm³/mol. The van der Waals surface area contributed by atoms with Crippen LogP contribution in [0.3, 0.4) is 0 Å². The summed E-state index contributed by atoms with van der Waals surface area (Å²) >= 11 is 0. The van der Waals surface area contributed by atoms with Crippen molar-refractivity contribution in [2.24, 2.45) is 0 Å². The molecule has 0 atom stereocenters. The van der Waals surface area contributed by atoms with Gasteiger partial charge in [-0.25, -0.2) is 0 Å². The Morgan fingerprint density at radius 1 is 0.935 bits per heavy atom. The molecular weight excluding hydrogens is 390 g/mol. The molecule has 31 heavy (non-hydrogen) atoms. The Labute approximate surface area is 180 Å². The topological polar surface area (TPSA) is 71.7 Å². The van der Waals surface area contributed by atoms with E-state index in [0.717, 1.165) is 16.7 Å². The zero-order valence-corrected chi connectivity index (χ0v) is 17.1. The molecule has 0 aliphatic carbocycles. The molecule has 156 valence electrons. The van der Waals surface area contributed by atoms with Gasteiger partial charge < -0.3 is 19.6 Å². The van der Waals surface area contributed by atoms with E-state index in [-0.39, 0.29) is 12.5 Å². The molecule has 0 aliphatic heterocycles. The standard InChI is InChI=1S/C26H23NO4/c1-30-24-14-12-20(23-15-13-21(17-28)31-23)16-22(24)27-26(29)25(18-8-4-2-5-9-18)19-10-6-3-7-11-19/h2-16,25,28H,17H2,1H3,(H,27,29). The Hall–Kier alpha value is -3.83. The summed E-state index contributed by atoms with van der Waals surface area (Å²) in [6.07, 6.45) is 0. The molecule has 0 aliphatic rings. The van der Waals surface area contributed by atoms with E-state index in [1.165, 1.54) is 0 Å². The van der Waals surface area contributed by atoms with Crippen LogP contribution in [0.25, 0.3) is 11.3 Å². The Bertz CT molecular complexity index is 1110. The number of nitrogens with one attached hydrogen (secondary N) is 1. The van der Waals surface area contributed by atoms with Gasteiger partial charge in [-0.2, -0.15) is 0 Å². The molecule has 4 aromatic rings. The van der Waals surface area contributed by atoms with Gasteiger partial charge in [-0.3, -0.25) is 4.79 Å². The van der Waals surface area contributed by atoms with Crippen molar-refractivity contribution >= 4 is 11.6 Å². The number of carbonyl (C=O) groups excluding carboxylic acids is 1. The van der Waals surface area contributed by atoms with Crippen LogP contribution in [0.5, 0.6) is 5.75 Å². The van der Waals surface area contributed by atoms with Crippen molar-refractivity contribution in [1.82, 2.24) is 0 Å². The zero-order chi connectivity index (χ0) is 21.6. The lowest BCUT2D eigenvalue weighted by atomic mass is 9.90. The lowest BCUT2D eigenvalue weighted by Gasteiger charge is -2.19. The van der Waals surface area contributed by atoms with E-state index in [4.69, 9.17) is 9.15 Å². The number of benzene rings is 3. The molecule has 5 heteroatoms. The number of methoxy groups -OCH3 is 1. The van der Waals surface area contributed by atoms with E-state index < -0.39 is 5.92 Å². The monoisotopic (exact) mass is 413 g/mol. The maximum atomic E-state index is 13.5. The SMILES string of the molecule is COc1ccc(-c2ccc(CO)o2)cc1NC(=O)C(c1ccccc1)c1ccccc1. The Morgan fingerprint density at radius 2 is 1.58 bits per heavy atom. The maximum Gasteiger partial charge on any atom is 0.236 e. The van der Waals surface area contributed by atoms with Gasteiger partial charge in [0.25, 0.3) is 0 Å². The summed E-state index contributed by atoms with van der Waals surface area (Å²) in [7, 11) is 1.56. The summed E-state index contributed by atoms with van der Waals surface area (Å²) in [5.41, 5.74) is 3.12. The molecule has 4 rings (SSSR count). The average molecular weight is 413 g/mol. The van der Waals surface area contributed by atoms with Crippen molar-refractivity contribution in [1.29, 1.82) is 0 Å². The van der Waals surface area contributed by atoms with Crippen molar-refractivity contribution in [2.75, 3.05) is 12.4 Å². The smallest absolute Gasteiger partial charge is 0.236 e. The highest BCUT2D eigenvalue weighted by Crippen LogP contribution is 2.33. The number of carbonyl (C=O) groups is 1. The van der Waals surface area contributed by atoms with Gasteiger partial charge in [0.1, 0.15) is 23.9 Å². The summed E-state index contributed by atoms with van der Waals surface area (Å²) in [6.45, 7) is -0.171. The highest BCUT2D eigenvalue weighted by atomic mass is 16.5. The molecular formula is C26H23NO4. The first kappa shape index (κ1) is 20.4. The molecule has 0 saturated heterocycles. The second-order valence-electron chi connectivity index (χ2n) is 7.08. The van der Waals surface area contributed by atoms with Crippen LogP contribution in [0.1, 0.15) is 22.8 Å². The molecule has 0 unspecified atom stereocenters. The van der Waals surface area contributed by atoms with E-state index in [1.807, 2.05) is 72.8 Å². The first-order valence-corrected chi connectivity index (χ1v) is 9.98. The third kappa shape index (κ3) is 4.52. The minimum atomic E-state index is -0.472. The third-order valence-corrected chi connectivity index (χ3v) is 5.09. The van der Waals surface area contributed by atoms with E-state index in [0.29, 0.717) is 23.0 Å². The molecule has 3 aromatic carbocycles. The van der Waals surface area contributed by atoms with Crippen LogP contribution in [-0.2, 0) is 11.4 Å². The number of aliphatic hydroxyl groups excluding tert-OH is 1. The maximum absolute atomic E-state index is 13.5. The minimum Gasteiger partial charge on any atom is -0.495 e. The van der Waals surface area contributed by atoms with Crippen molar-refractivity contribution < 1.29 is 19.1 Å². The summed E-state index contributed by atoms with van der Waals surface area (Å²) < 4.78 is 11.1. The molecule has 1 amide bonds. The van der Waals surface area contributed by atoms with Crippen molar-refractivity contribution in [3.8, 4) is 17.1 Å². The van der Waals surface area contributed by atoms with Crippen LogP contribution in [0.15, 0.2) is 95.4 Å². The molecule has 0 bridgehead atoms. The fraction of sp³-hybridized carbons (Fsp3) is 0.115. The van der Waals surface area contributed by atoms with Gasteiger partial charge >= 0.3 is 0 Å². The van der Waals surface area contributed by atoms with Crippen molar-refractivity contribution in [3.05, 3.63) is 108 Å². The van der Waals surface area contributed by atoms with Crippen LogP contribution in [0.4, 0.5) is 5.69 Å². The van der Waals surface area contributed by atoms with E-state index >= 15 is 0 Å². The predicted octanol–water partition coefficient (Wildman–Crippen LogP) is 5.22. The summed E-state index contributed by atoms with van der Waals surface area (Å²) in [5, 5.41) is 12.3. The Kier molecular flexibility index (Phi) is 6.15. The number of hydrogen-bond acceptors (Lipinski definition) is 4. The van der Waals surface area contributed by atoms with Gasteiger partial charge in [0.05, 0.1) is 18.7 Å². The molecule has 0 fully saturated rings. The highest BCUT2D eigenvalue weighted by Gasteiger charge is 2.24. The van der Waals surface area contributed by atoms with Crippen LogP contribution < -0.4 is 10.1 Å². The second-order valence-corrected chi connectivity index (χ2v) is 7.08. The number of anilines is 1. The second kappa shape index (κ2) is 9.32. The zero-order valence-electron chi connectivity index (χ0n) is 17.1.